The number of benzene rings is 1. The molecule has 146 valence electrons. The smallest absolute Gasteiger partial charge is 0.260 e. The minimum atomic E-state index is -0.112. The van der Waals surface area contributed by atoms with Gasteiger partial charge in [-0.1, -0.05) is 37.7 Å². The largest absolute Gasteiger partial charge is 0.325 e. The van der Waals surface area contributed by atoms with E-state index in [2.05, 4.69) is 35.2 Å². The van der Waals surface area contributed by atoms with Gasteiger partial charge in [0.25, 0.3) is 5.56 Å². The highest BCUT2D eigenvalue weighted by atomic mass is 32.2. The molecule has 0 spiro atoms. The fraction of sp³-hybridized carbons (Fsp3) is 0.381. The molecule has 2 heterocycles. The maximum Gasteiger partial charge on any atom is 0.260 e. The lowest BCUT2D eigenvalue weighted by Gasteiger charge is -2.10. The molecule has 0 unspecified atom stereocenters. The van der Waals surface area contributed by atoms with E-state index in [1.165, 1.54) is 34.2 Å². The van der Waals surface area contributed by atoms with Gasteiger partial charge in [-0.25, -0.2) is 4.98 Å². The van der Waals surface area contributed by atoms with Crippen LogP contribution in [-0.2, 0) is 17.6 Å². The van der Waals surface area contributed by atoms with Crippen LogP contribution >= 0.6 is 23.1 Å². The van der Waals surface area contributed by atoms with Gasteiger partial charge in [0.15, 0.2) is 5.16 Å². The predicted molar refractivity (Wildman–Crippen MR) is 117 cm³/mol. The summed E-state index contributed by atoms with van der Waals surface area (Å²) < 4.78 is 0. The fourth-order valence-corrected chi connectivity index (χ4v) is 5.50. The van der Waals surface area contributed by atoms with E-state index in [4.69, 9.17) is 0 Å². The number of aromatic nitrogens is 2. The zero-order valence-electron chi connectivity index (χ0n) is 16.0. The zero-order chi connectivity index (χ0) is 19.7. The molecular weight excluding hydrogens is 390 g/mol. The highest BCUT2D eigenvalue weighted by Gasteiger charge is 2.20. The van der Waals surface area contributed by atoms with Crippen molar-refractivity contribution in [1.29, 1.82) is 0 Å². The molecule has 1 aromatic carbocycles. The molecular formula is C21H23N3O2S2. The van der Waals surface area contributed by atoms with E-state index in [0.29, 0.717) is 11.1 Å². The Labute approximate surface area is 172 Å². The van der Waals surface area contributed by atoms with Crippen molar-refractivity contribution in [2.45, 2.75) is 50.6 Å². The molecule has 2 aromatic heterocycles. The molecule has 0 bridgehead atoms. The van der Waals surface area contributed by atoms with Crippen LogP contribution in [0.5, 0.6) is 0 Å². The van der Waals surface area contributed by atoms with E-state index in [-0.39, 0.29) is 17.2 Å². The molecule has 1 aliphatic carbocycles. The van der Waals surface area contributed by atoms with E-state index in [0.717, 1.165) is 35.2 Å². The lowest BCUT2D eigenvalue weighted by molar-refractivity contribution is -0.113. The Hall–Kier alpha value is -2.12. The van der Waals surface area contributed by atoms with Gasteiger partial charge in [-0.15, -0.1) is 11.3 Å². The summed E-state index contributed by atoms with van der Waals surface area (Å²) in [7, 11) is 0. The van der Waals surface area contributed by atoms with Gasteiger partial charge in [0, 0.05) is 10.6 Å². The Bertz CT molecular complexity index is 1080. The van der Waals surface area contributed by atoms with Crippen molar-refractivity contribution in [3.8, 4) is 0 Å². The second-order valence-corrected chi connectivity index (χ2v) is 9.43. The van der Waals surface area contributed by atoms with Crippen molar-refractivity contribution in [1.82, 2.24) is 9.97 Å². The van der Waals surface area contributed by atoms with Crippen molar-refractivity contribution in [3.05, 3.63) is 50.6 Å². The van der Waals surface area contributed by atoms with Crippen LogP contribution in [0.25, 0.3) is 10.2 Å². The van der Waals surface area contributed by atoms with Gasteiger partial charge < -0.3 is 10.3 Å². The number of nitrogens with one attached hydrogen (secondary N) is 2. The van der Waals surface area contributed by atoms with E-state index in [9.17, 15) is 9.59 Å². The number of hydrogen-bond donors (Lipinski definition) is 2. The highest BCUT2D eigenvalue weighted by Crippen LogP contribution is 2.34. The maximum atomic E-state index is 12.6. The number of rotatable bonds is 5. The monoisotopic (exact) mass is 413 g/mol. The summed E-state index contributed by atoms with van der Waals surface area (Å²) >= 11 is 2.89. The Morgan fingerprint density at radius 1 is 1.32 bits per heavy atom. The average molecular weight is 414 g/mol. The van der Waals surface area contributed by atoms with Crippen LogP contribution < -0.4 is 10.9 Å². The van der Waals surface area contributed by atoms with Crippen molar-refractivity contribution in [2.24, 2.45) is 0 Å². The van der Waals surface area contributed by atoms with Crippen LogP contribution in [0, 0.1) is 0 Å². The Morgan fingerprint density at radius 3 is 2.96 bits per heavy atom. The number of hydrogen-bond acceptors (Lipinski definition) is 5. The molecule has 1 amide bonds. The molecule has 3 aromatic rings. The highest BCUT2D eigenvalue weighted by molar-refractivity contribution is 7.99. The lowest BCUT2D eigenvalue weighted by Crippen LogP contribution is -2.16. The Morgan fingerprint density at radius 2 is 2.14 bits per heavy atom. The molecule has 28 heavy (non-hydrogen) atoms. The summed E-state index contributed by atoms with van der Waals surface area (Å²) in [5.41, 5.74) is 3.07. The van der Waals surface area contributed by atoms with Crippen molar-refractivity contribution < 1.29 is 4.79 Å². The van der Waals surface area contributed by atoms with Crippen LogP contribution in [-0.4, -0.2) is 21.6 Å². The first kappa shape index (κ1) is 19.2. The first-order valence-electron chi connectivity index (χ1n) is 9.58. The molecule has 7 heteroatoms. The number of nitrogens with zero attached hydrogens (tertiary/aromatic N) is 1. The van der Waals surface area contributed by atoms with E-state index in [1.807, 2.05) is 18.2 Å². The number of H-pyrrole nitrogens is 1. The Balaban J connectivity index is 1.46. The van der Waals surface area contributed by atoms with Gasteiger partial charge >= 0.3 is 0 Å². The number of thioether (sulfide) groups is 1. The van der Waals surface area contributed by atoms with E-state index >= 15 is 0 Å². The molecule has 1 aliphatic rings. The molecule has 0 fully saturated rings. The number of carbonyl (C=O) groups excluding carboxylic acids is 1. The molecule has 0 saturated heterocycles. The third-order valence-electron chi connectivity index (χ3n) is 4.98. The van der Waals surface area contributed by atoms with E-state index < -0.39 is 0 Å². The van der Waals surface area contributed by atoms with Gasteiger partial charge in [0.1, 0.15) is 4.83 Å². The number of anilines is 1. The third-order valence-corrected chi connectivity index (χ3v) is 7.04. The first-order valence-corrected chi connectivity index (χ1v) is 11.4. The number of fused-ring (bicyclic) bond motifs is 3. The molecule has 0 radical (unpaired) electrons. The van der Waals surface area contributed by atoms with Crippen molar-refractivity contribution in [3.63, 3.8) is 0 Å². The minimum Gasteiger partial charge on any atom is -0.325 e. The topological polar surface area (TPSA) is 74.8 Å². The minimum absolute atomic E-state index is 0.0862. The summed E-state index contributed by atoms with van der Waals surface area (Å²) in [5, 5.41) is 4.17. The molecule has 0 saturated carbocycles. The summed E-state index contributed by atoms with van der Waals surface area (Å²) in [4.78, 5) is 34.4. The maximum absolute atomic E-state index is 12.6. The molecule has 0 atom stereocenters. The van der Waals surface area contributed by atoms with Crippen LogP contribution in [0.15, 0.2) is 34.2 Å². The Kier molecular flexibility index (Phi) is 5.55. The second kappa shape index (κ2) is 8.09. The number of amides is 1. The molecule has 0 aliphatic heterocycles. The van der Waals surface area contributed by atoms with Crippen molar-refractivity contribution >= 4 is 44.9 Å². The van der Waals surface area contributed by atoms with Gasteiger partial charge in [0.05, 0.1) is 11.1 Å². The van der Waals surface area contributed by atoms with Crippen LogP contribution in [0.2, 0.25) is 0 Å². The average Bonchev–Trinajstić information content (AvgIpc) is 3.05. The molecule has 4 rings (SSSR count). The summed E-state index contributed by atoms with van der Waals surface area (Å²) in [6, 6.07) is 7.88. The number of carbonyl (C=O) groups is 1. The fourth-order valence-electron chi connectivity index (χ4n) is 3.52. The standard InChI is InChI=1S/C21H23N3O2S2/c1-12(2)13-6-5-7-14(10-13)22-17(25)11-27-21-23-19(26)18-15-8-3-4-9-16(15)28-20(18)24-21/h5-7,10,12H,3-4,8-9,11H2,1-2H3,(H,22,25)(H,23,24,26). The van der Waals surface area contributed by atoms with Gasteiger partial charge in [0.2, 0.25) is 5.91 Å². The second-order valence-electron chi connectivity index (χ2n) is 7.38. The predicted octanol–water partition coefficient (Wildman–Crippen LogP) is 4.72. The zero-order valence-corrected chi connectivity index (χ0v) is 17.6. The van der Waals surface area contributed by atoms with Crippen LogP contribution in [0.3, 0.4) is 0 Å². The quantitative estimate of drug-likeness (QED) is 0.469. The number of aromatic amines is 1. The SMILES string of the molecule is CC(C)c1cccc(NC(=O)CSc2nc3sc4c(c3c(=O)[nH]2)CCCC4)c1. The summed E-state index contributed by atoms with van der Waals surface area (Å²) in [5.74, 6) is 0.494. The number of thiophene rings is 1. The molecule has 5 nitrogen and oxygen atoms in total. The van der Waals surface area contributed by atoms with Crippen LogP contribution in [0.4, 0.5) is 5.69 Å². The van der Waals surface area contributed by atoms with E-state index in [1.54, 1.807) is 11.3 Å². The van der Waals surface area contributed by atoms with Crippen LogP contribution in [0.1, 0.15) is 48.6 Å². The lowest BCUT2D eigenvalue weighted by atomic mass is 9.97. The van der Waals surface area contributed by atoms with Gasteiger partial charge in [-0.3, -0.25) is 9.59 Å². The normalized spacial score (nSPS) is 13.7. The van der Waals surface area contributed by atoms with Crippen molar-refractivity contribution in [2.75, 3.05) is 11.1 Å². The molecule has 2 N–H and O–H groups in total. The van der Waals surface area contributed by atoms with Gasteiger partial charge in [-0.05, 0) is 54.9 Å². The van der Waals surface area contributed by atoms with Gasteiger partial charge in [-0.2, -0.15) is 0 Å². The summed E-state index contributed by atoms with van der Waals surface area (Å²) in [6.07, 6.45) is 4.31. The first-order chi connectivity index (χ1) is 13.5. The summed E-state index contributed by atoms with van der Waals surface area (Å²) in [6.45, 7) is 4.24. The number of aryl methyl sites for hydroxylation is 2. The third kappa shape index (κ3) is 4.00.